The highest BCUT2D eigenvalue weighted by Gasteiger charge is 2.19. The molecule has 0 aliphatic heterocycles. The second-order valence-electron chi connectivity index (χ2n) is 7.46. The zero-order valence-electron chi connectivity index (χ0n) is 18.4. The standard InChI is InChI=1S/C24H23ClFN5O2/c1-4-33-22-11-21-18(10-17(22)16(24(28)32)7-8-31(2)3)23(14(12-27)13-29-21)30-15-5-6-20(26)19(25)9-15/h5-7,9-11,13H,4,8H2,1-3H3,(H2,28,32)(H,29,30). The van der Waals surface area contributed by atoms with E-state index in [0.29, 0.717) is 46.7 Å². The van der Waals surface area contributed by atoms with Gasteiger partial charge in [-0.1, -0.05) is 17.7 Å². The summed E-state index contributed by atoms with van der Waals surface area (Å²) in [6, 6.07) is 9.69. The lowest BCUT2D eigenvalue weighted by atomic mass is 9.99. The van der Waals surface area contributed by atoms with Crippen LogP contribution in [0.2, 0.25) is 5.02 Å². The molecule has 0 aliphatic rings. The molecule has 9 heteroatoms. The van der Waals surface area contributed by atoms with E-state index in [1.807, 2.05) is 25.9 Å². The van der Waals surface area contributed by atoms with E-state index in [9.17, 15) is 14.4 Å². The van der Waals surface area contributed by atoms with E-state index in [1.54, 1.807) is 18.2 Å². The molecule has 3 aromatic rings. The van der Waals surface area contributed by atoms with Crippen LogP contribution in [0.15, 0.2) is 42.6 Å². The molecule has 0 radical (unpaired) electrons. The Kier molecular flexibility index (Phi) is 7.48. The van der Waals surface area contributed by atoms with E-state index in [-0.39, 0.29) is 16.2 Å². The Morgan fingerprint density at radius 2 is 2.12 bits per heavy atom. The number of nitrogens with two attached hydrogens (primary N) is 1. The van der Waals surface area contributed by atoms with E-state index in [0.717, 1.165) is 0 Å². The van der Waals surface area contributed by atoms with Crippen LogP contribution in [0.25, 0.3) is 16.5 Å². The number of nitriles is 1. The molecule has 2 aromatic carbocycles. The fourth-order valence-corrected chi connectivity index (χ4v) is 3.44. The van der Waals surface area contributed by atoms with Gasteiger partial charge in [0, 0.05) is 41.0 Å². The number of fused-ring (bicyclic) bond motifs is 1. The van der Waals surface area contributed by atoms with E-state index < -0.39 is 11.7 Å². The number of primary amides is 1. The van der Waals surface area contributed by atoms with Crippen LogP contribution in [0.4, 0.5) is 15.8 Å². The minimum absolute atomic E-state index is 0.0566. The van der Waals surface area contributed by atoms with E-state index in [4.69, 9.17) is 22.1 Å². The summed E-state index contributed by atoms with van der Waals surface area (Å²) in [6.45, 7) is 2.68. The average molecular weight is 468 g/mol. The molecule has 1 amide bonds. The van der Waals surface area contributed by atoms with Gasteiger partial charge >= 0.3 is 0 Å². The van der Waals surface area contributed by atoms with Crippen LogP contribution in [0.5, 0.6) is 5.75 Å². The number of anilines is 2. The Balaban J connectivity index is 2.27. The summed E-state index contributed by atoms with van der Waals surface area (Å²) in [4.78, 5) is 18.6. The smallest absolute Gasteiger partial charge is 0.249 e. The summed E-state index contributed by atoms with van der Waals surface area (Å²) in [5.74, 6) is -0.716. The molecule has 1 aromatic heterocycles. The first kappa shape index (κ1) is 24.0. The van der Waals surface area contributed by atoms with Crippen LogP contribution in [-0.4, -0.2) is 43.0 Å². The van der Waals surface area contributed by atoms with Gasteiger partial charge < -0.3 is 20.7 Å². The summed E-state index contributed by atoms with van der Waals surface area (Å²) in [6.07, 6.45) is 3.16. The number of benzene rings is 2. The number of carbonyl (C=O) groups excluding carboxylic acids is 1. The number of ether oxygens (including phenoxy) is 1. The third-order valence-electron chi connectivity index (χ3n) is 4.79. The van der Waals surface area contributed by atoms with Crippen LogP contribution in [-0.2, 0) is 4.79 Å². The van der Waals surface area contributed by atoms with Gasteiger partial charge in [0.25, 0.3) is 0 Å². The van der Waals surface area contributed by atoms with Gasteiger partial charge in [0.15, 0.2) is 0 Å². The molecule has 3 rings (SSSR count). The minimum atomic E-state index is -0.610. The number of aromatic nitrogens is 1. The first-order valence-electron chi connectivity index (χ1n) is 10.1. The van der Waals surface area contributed by atoms with Gasteiger partial charge in [-0.15, -0.1) is 0 Å². The van der Waals surface area contributed by atoms with Crippen molar-refractivity contribution in [2.24, 2.45) is 5.73 Å². The van der Waals surface area contributed by atoms with E-state index in [2.05, 4.69) is 16.4 Å². The summed E-state index contributed by atoms with van der Waals surface area (Å²) in [7, 11) is 3.75. The number of pyridine rings is 1. The van der Waals surface area contributed by atoms with Crippen molar-refractivity contribution in [2.75, 3.05) is 32.6 Å². The normalized spacial score (nSPS) is 11.5. The van der Waals surface area contributed by atoms with Crippen molar-refractivity contribution in [3.63, 3.8) is 0 Å². The maximum absolute atomic E-state index is 13.6. The molecule has 7 nitrogen and oxygen atoms in total. The molecule has 0 aliphatic carbocycles. The Morgan fingerprint density at radius 1 is 1.36 bits per heavy atom. The fraction of sp³-hybridized carbons (Fsp3) is 0.208. The van der Waals surface area contributed by atoms with Gasteiger partial charge in [-0.25, -0.2) is 4.39 Å². The zero-order valence-corrected chi connectivity index (χ0v) is 19.2. The van der Waals surface area contributed by atoms with Crippen molar-refractivity contribution in [1.82, 2.24) is 9.88 Å². The molecule has 1 heterocycles. The topological polar surface area (TPSA) is 104 Å². The number of rotatable bonds is 8. The minimum Gasteiger partial charge on any atom is -0.493 e. The van der Waals surface area contributed by atoms with Crippen molar-refractivity contribution in [2.45, 2.75) is 6.92 Å². The van der Waals surface area contributed by atoms with Gasteiger partial charge in [-0.05, 0) is 45.3 Å². The first-order chi connectivity index (χ1) is 15.7. The van der Waals surface area contributed by atoms with Crippen molar-refractivity contribution in [3.8, 4) is 11.8 Å². The first-order valence-corrected chi connectivity index (χ1v) is 10.5. The predicted octanol–water partition coefficient (Wildman–Crippen LogP) is 4.47. The monoisotopic (exact) mass is 467 g/mol. The SMILES string of the molecule is CCOc1cc2ncc(C#N)c(Nc3ccc(F)c(Cl)c3)c2cc1C(=CCN(C)C)C(N)=O. The predicted molar refractivity (Wildman–Crippen MR) is 128 cm³/mol. The summed E-state index contributed by atoms with van der Waals surface area (Å²) in [5.41, 5.74) is 8.18. The molecule has 170 valence electrons. The number of hydrogen-bond donors (Lipinski definition) is 2. The molecule has 0 saturated carbocycles. The average Bonchev–Trinajstić information content (AvgIpc) is 2.76. The lowest BCUT2D eigenvalue weighted by molar-refractivity contribution is -0.112. The highest BCUT2D eigenvalue weighted by molar-refractivity contribution is 6.31. The second kappa shape index (κ2) is 10.3. The Hall–Kier alpha value is -3.67. The van der Waals surface area contributed by atoms with Crippen LogP contribution >= 0.6 is 11.6 Å². The third kappa shape index (κ3) is 5.40. The summed E-state index contributed by atoms with van der Waals surface area (Å²) < 4.78 is 19.4. The van der Waals surface area contributed by atoms with Crippen molar-refractivity contribution >= 4 is 45.4 Å². The number of hydrogen-bond acceptors (Lipinski definition) is 6. The second-order valence-corrected chi connectivity index (χ2v) is 7.86. The lowest BCUT2D eigenvalue weighted by Crippen LogP contribution is -2.17. The quantitative estimate of drug-likeness (QED) is 0.473. The number of halogens is 2. The van der Waals surface area contributed by atoms with Crippen molar-refractivity contribution in [1.29, 1.82) is 5.26 Å². The number of nitrogens with one attached hydrogen (secondary N) is 1. The number of likely N-dealkylation sites (N-methyl/N-ethyl adjacent to an activating group) is 1. The molecular weight excluding hydrogens is 445 g/mol. The highest BCUT2D eigenvalue weighted by Crippen LogP contribution is 2.36. The van der Waals surface area contributed by atoms with Crippen LogP contribution in [0.3, 0.4) is 0 Å². The maximum atomic E-state index is 13.6. The van der Waals surface area contributed by atoms with Crippen molar-refractivity contribution < 1.29 is 13.9 Å². The van der Waals surface area contributed by atoms with Gasteiger partial charge in [-0.3, -0.25) is 9.78 Å². The lowest BCUT2D eigenvalue weighted by Gasteiger charge is -2.17. The molecule has 0 bridgehead atoms. The summed E-state index contributed by atoms with van der Waals surface area (Å²) in [5, 5.41) is 13.3. The molecule has 0 saturated heterocycles. The van der Waals surface area contributed by atoms with Gasteiger partial charge in [0.2, 0.25) is 5.91 Å². The van der Waals surface area contributed by atoms with Crippen LogP contribution in [0.1, 0.15) is 18.1 Å². The van der Waals surface area contributed by atoms with Crippen LogP contribution in [0, 0.1) is 17.1 Å². The molecule has 0 fully saturated rings. The molecular formula is C24H23ClFN5O2. The third-order valence-corrected chi connectivity index (χ3v) is 5.08. The zero-order chi connectivity index (χ0) is 24.1. The van der Waals surface area contributed by atoms with Gasteiger partial charge in [0.1, 0.15) is 17.6 Å². The molecule has 0 atom stereocenters. The summed E-state index contributed by atoms with van der Waals surface area (Å²) >= 11 is 5.92. The number of carbonyl (C=O) groups is 1. The Labute approximate surface area is 196 Å². The Morgan fingerprint density at radius 3 is 2.73 bits per heavy atom. The van der Waals surface area contributed by atoms with Crippen molar-refractivity contribution in [3.05, 3.63) is 64.6 Å². The fourth-order valence-electron chi connectivity index (χ4n) is 3.26. The largest absolute Gasteiger partial charge is 0.493 e. The van der Waals surface area contributed by atoms with E-state index >= 15 is 0 Å². The molecule has 3 N–H and O–H groups in total. The molecule has 0 spiro atoms. The Bertz CT molecular complexity index is 1280. The van der Waals surface area contributed by atoms with Crippen LogP contribution < -0.4 is 15.8 Å². The van der Waals surface area contributed by atoms with Gasteiger partial charge in [-0.2, -0.15) is 5.26 Å². The number of amides is 1. The molecule has 0 unspecified atom stereocenters. The highest BCUT2D eigenvalue weighted by atomic mass is 35.5. The number of nitrogens with zero attached hydrogens (tertiary/aromatic N) is 3. The maximum Gasteiger partial charge on any atom is 0.249 e. The van der Waals surface area contributed by atoms with E-state index in [1.165, 1.54) is 24.4 Å². The van der Waals surface area contributed by atoms with Gasteiger partial charge in [0.05, 0.1) is 28.4 Å². The molecule has 33 heavy (non-hydrogen) atoms.